The number of aromatic nitrogens is 2. The van der Waals surface area contributed by atoms with Gasteiger partial charge in [0.25, 0.3) is 5.56 Å². The second-order valence-electron chi connectivity index (χ2n) is 6.81. The van der Waals surface area contributed by atoms with Crippen LogP contribution in [0.2, 0.25) is 5.02 Å². The van der Waals surface area contributed by atoms with Crippen molar-refractivity contribution >= 4 is 63.2 Å². The molecule has 0 atom stereocenters. The molecule has 0 aliphatic rings. The largest absolute Gasteiger partial charge is 0.331 e. The van der Waals surface area contributed by atoms with E-state index in [-0.39, 0.29) is 22.3 Å². The van der Waals surface area contributed by atoms with Crippen LogP contribution in [-0.2, 0) is 4.79 Å². The summed E-state index contributed by atoms with van der Waals surface area (Å²) in [5.41, 5.74) is 6.90. The smallest absolute Gasteiger partial charge is 0.266 e. The van der Waals surface area contributed by atoms with Crippen LogP contribution in [0.3, 0.4) is 0 Å². The van der Waals surface area contributed by atoms with Crippen molar-refractivity contribution in [2.75, 3.05) is 11.1 Å². The Bertz CT molecular complexity index is 1360. The fourth-order valence-electron chi connectivity index (χ4n) is 3.02. The van der Waals surface area contributed by atoms with Gasteiger partial charge in [0.05, 0.1) is 22.3 Å². The Hall–Kier alpha value is -3.40. The topological polar surface area (TPSA) is 88.0 Å². The number of amides is 1. The number of carbonyl (C=O) groups excluding carboxylic acids is 1. The molecule has 1 heterocycles. The monoisotopic (exact) mass is 495 g/mol. The number of fused-ring (bicyclic) bond motifs is 1. The van der Waals surface area contributed by atoms with Gasteiger partial charge in [0.2, 0.25) is 5.91 Å². The summed E-state index contributed by atoms with van der Waals surface area (Å²) in [5.74, 6) is -0.318. The van der Waals surface area contributed by atoms with E-state index in [1.165, 1.54) is 4.57 Å². The lowest BCUT2D eigenvalue weighted by Crippen LogP contribution is -2.44. The molecule has 0 spiro atoms. The van der Waals surface area contributed by atoms with Gasteiger partial charge in [0, 0.05) is 10.7 Å². The lowest BCUT2D eigenvalue weighted by Gasteiger charge is -2.14. The second-order valence-corrected chi connectivity index (χ2v) is 8.60. The first-order valence-corrected chi connectivity index (χ1v) is 11.6. The minimum atomic E-state index is -0.331. The summed E-state index contributed by atoms with van der Waals surface area (Å²) in [4.78, 5) is 30.3. The molecular weight excluding hydrogens is 478 g/mol. The number of nitrogens with one attached hydrogen (secondary N) is 3. The van der Waals surface area contributed by atoms with Crippen LogP contribution in [0.4, 0.5) is 5.69 Å². The van der Waals surface area contributed by atoms with Gasteiger partial charge in [-0.25, -0.2) is 4.98 Å². The predicted octanol–water partition coefficient (Wildman–Crippen LogP) is 4.15. The van der Waals surface area contributed by atoms with Gasteiger partial charge in [-0.2, -0.15) is 0 Å². The Kier molecular flexibility index (Phi) is 7.23. The molecule has 0 saturated heterocycles. The number of anilines is 1. The Morgan fingerprint density at radius 2 is 1.70 bits per heavy atom. The maximum atomic E-state index is 13.2. The number of para-hydroxylation sites is 2. The molecule has 0 radical (unpaired) electrons. The molecule has 1 aromatic heterocycles. The number of nitrogens with zero attached hydrogens (tertiary/aromatic N) is 2. The number of halogens is 1. The van der Waals surface area contributed by atoms with Crippen LogP contribution in [0, 0.1) is 0 Å². The summed E-state index contributed by atoms with van der Waals surface area (Å²) in [6.45, 7) is 0. The van der Waals surface area contributed by atoms with Gasteiger partial charge >= 0.3 is 0 Å². The van der Waals surface area contributed by atoms with Crippen molar-refractivity contribution in [3.05, 3.63) is 94.2 Å². The summed E-state index contributed by atoms with van der Waals surface area (Å²) < 4.78 is 1.48. The third-order valence-corrected chi connectivity index (χ3v) is 5.87. The molecule has 1 amide bonds. The van der Waals surface area contributed by atoms with Crippen LogP contribution in [-0.4, -0.2) is 26.3 Å². The molecule has 4 aromatic rings. The maximum absolute atomic E-state index is 13.2. The van der Waals surface area contributed by atoms with E-state index in [1.54, 1.807) is 30.3 Å². The third-order valence-electron chi connectivity index (χ3n) is 4.49. The molecule has 0 unspecified atom stereocenters. The minimum Gasteiger partial charge on any atom is -0.331 e. The number of hydrogen-bond donors (Lipinski definition) is 3. The predicted molar refractivity (Wildman–Crippen MR) is 137 cm³/mol. The van der Waals surface area contributed by atoms with E-state index in [2.05, 4.69) is 21.2 Å². The quantitative estimate of drug-likeness (QED) is 0.166. The highest BCUT2D eigenvalue weighted by atomic mass is 35.5. The third kappa shape index (κ3) is 5.70. The van der Waals surface area contributed by atoms with Gasteiger partial charge < -0.3 is 5.32 Å². The molecule has 4 rings (SSSR count). The van der Waals surface area contributed by atoms with Gasteiger partial charge in [-0.1, -0.05) is 59.8 Å². The number of benzene rings is 3. The molecule has 7 nitrogen and oxygen atoms in total. The molecule has 0 aliphatic heterocycles. The van der Waals surface area contributed by atoms with E-state index in [0.717, 1.165) is 17.4 Å². The average Bonchev–Trinajstić information content (AvgIpc) is 2.83. The molecule has 33 heavy (non-hydrogen) atoms. The molecule has 3 aromatic carbocycles. The first-order chi connectivity index (χ1) is 16.0. The van der Waals surface area contributed by atoms with Crippen molar-refractivity contribution < 1.29 is 4.79 Å². The van der Waals surface area contributed by atoms with Crippen LogP contribution >= 0.6 is 35.6 Å². The Balaban J connectivity index is 1.49. The number of thioether (sulfide) groups is 1. The van der Waals surface area contributed by atoms with Crippen LogP contribution in [0.25, 0.3) is 16.6 Å². The second kappa shape index (κ2) is 10.5. The number of hydrazine groups is 1. The van der Waals surface area contributed by atoms with Crippen LogP contribution in [0.5, 0.6) is 0 Å². The van der Waals surface area contributed by atoms with E-state index in [9.17, 15) is 9.59 Å². The summed E-state index contributed by atoms with van der Waals surface area (Å²) in [5, 5.41) is 4.46. The zero-order chi connectivity index (χ0) is 23.2. The van der Waals surface area contributed by atoms with Crippen molar-refractivity contribution in [2.45, 2.75) is 5.16 Å². The zero-order valence-electron chi connectivity index (χ0n) is 17.1. The van der Waals surface area contributed by atoms with Gasteiger partial charge in [-0.05, 0) is 54.7 Å². The lowest BCUT2D eigenvalue weighted by molar-refractivity contribution is -0.119. The summed E-state index contributed by atoms with van der Waals surface area (Å²) in [6.07, 6.45) is 0. The van der Waals surface area contributed by atoms with Gasteiger partial charge in [0.1, 0.15) is 0 Å². The van der Waals surface area contributed by atoms with E-state index in [4.69, 9.17) is 23.8 Å². The molecule has 10 heteroatoms. The van der Waals surface area contributed by atoms with Gasteiger partial charge in [0.15, 0.2) is 10.3 Å². The first kappa shape index (κ1) is 22.8. The highest BCUT2D eigenvalue weighted by Crippen LogP contribution is 2.22. The zero-order valence-corrected chi connectivity index (χ0v) is 19.5. The summed E-state index contributed by atoms with van der Waals surface area (Å²) in [6, 6.07) is 23.4. The summed E-state index contributed by atoms with van der Waals surface area (Å²) in [7, 11) is 0. The minimum absolute atomic E-state index is 0.0132. The SMILES string of the molecule is O=C(CSc1nc2ccc(Cl)cc2c(=O)n1-c1ccccc1)NNC(=S)Nc1ccccc1. The molecular formula is C23H18ClN5O2S2. The van der Waals surface area contributed by atoms with Gasteiger partial charge in [-0.3, -0.25) is 25.0 Å². The Morgan fingerprint density at radius 3 is 2.42 bits per heavy atom. The van der Waals surface area contributed by atoms with E-state index in [0.29, 0.717) is 26.8 Å². The Labute approximate surface area is 204 Å². The Morgan fingerprint density at radius 1 is 1.00 bits per heavy atom. The standard InChI is InChI=1S/C23H18ClN5O2S2/c24-15-11-12-19-18(13-15)21(31)29(17-9-5-2-6-10-17)23(26-19)33-14-20(30)27-28-22(32)25-16-7-3-1-4-8-16/h1-13H,14H2,(H,27,30)(H2,25,28,32). The van der Waals surface area contributed by atoms with Crippen molar-refractivity contribution in [1.29, 1.82) is 0 Å². The van der Waals surface area contributed by atoms with Crippen LogP contribution in [0.15, 0.2) is 88.8 Å². The van der Waals surface area contributed by atoms with Crippen molar-refractivity contribution in [3.8, 4) is 5.69 Å². The lowest BCUT2D eigenvalue weighted by atomic mass is 10.2. The number of carbonyl (C=O) groups is 1. The number of hydrogen-bond acceptors (Lipinski definition) is 5. The normalized spacial score (nSPS) is 10.6. The van der Waals surface area contributed by atoms with Crippen molar-refractivity contribution in [2.24, 2.45) is 0 Å². The number of rotatable bonds is 5. The van der Waals surface area contributed by atoms with E-state index >= 15 is 0 Å². The fraction of sp³-hybridized carbons (Fsp3) is 0.0435. The van der Waals surface area contributed by atoms with Crippen LogP contribution < -0.4 is 21.7 Å². The molecule has 0 fully saturated rings. The highest BCUT2D eigenvalue weighted by Gasteiger charge is 2.15. The van der Waals surface area contributed by atoms with E-state index in [1.807, 2.05) is 48.5 Å². The average molecular weight is 496 g/mol. The molecule has 3 N–H and O–H groups in total. The summed E-state index contributed by atoms with van der Waals surface area (Å²) >= 11 is 12.4. The molecule has 0 aliphatic carbocycles. The van der Waals surface area contributed by atoms with Gasteiger partial charge in [-0.15, -0.1) is 0 Å². The molecule has 0 bridgehead atoms. The van der Waals surface area contributed by atoms with E-state index < -0.39 is 0 Å². The highest BCUT2D eigenvalue weighted by molar-refractivity contribution is 7.99. The molecule has 166 valence electrons. The molecule has 0 saturated carbocycles. The first-order valence-electron chi connectivity index (χ1n) is 9.83. The van der Waals surface area contributed by atoms with Crippen molar-refractivity contribution in [1.82, 2.24) is 20.4 Å². The maximum Gasteiger partial charge on any atom is 0.266 e. The van der Waals surface area contributed by atoms with Crippen LogP contribution in [0.1, 0.15) is 0 Å². The number of thiocarbonyl (C=S) groups is 1. The fourth-order valence-corrected chi connectivity index (χ4v) is 4.17. The van der Waals surface area contributed by atoms with Crippen molar-refractivity contribution in [3.63, 3.8) is 0 Å².